The Balaban J connectivity index is 2.15. The fourth-order valence-electron chi connectivity index (χ4n) is 3.43. The smallest absolute Gasteiger partial charge is 0.328 e. The number of halogens is 1. The Morgan fingerprint density at radius 3 is 2.56 bits per heavy atom. The molecular weight excluding hydrogens is 423 g/mol. The van der Waals surface area contributed by atoms with Gasteiger partial charge in [0.25, 0.3) is 0 Å². The minimum absolute atomic E-state index is 0.296. The summed E-state index contributed by atoms with van der Waals surface area (Å²) in [6.07, 6.45) is 6.11. The molecule has 32 heavy (non-hydrogen) atoms. The number of carboxylic acids is 1. The second-order valence-corrected chi connectivity index (χ2v) is 8.34. The number of ether oxygens (including phenoxy) is 1. The number of allylic oxidation sites excluding steroid dienone is 2. The Kier molecular flexibility index (Phi) is 8.40. The van der Waals surface area contributed by atoms with Gasteiger partial charge < -0.3 is 9.84 Å². The van der Waals surface area contributed by atoms with E-state index in [2.05, 4.69) is 31.2 Å². The van der Waals surface area contributed by atoms with Crippen LogP contribution in [0.1, 0.15) is 30.7 Å². The summed E-state index contributed by atoms with van der Waals surface area (Å²) in [4.78, 5) is 11.9. The minimum Gasteiger partial charge on any atom is -0.492 e. The first-order chi connectivity index (χ1) is 15.5. The van der Waals surface area contributed by atoms with Crippen LogP contribution < -0.4 is 4.74 Å². The summed E-state index contributed by atoms with van der Waals surface area (Å²) in [5, 5.41) is 11.0. The third-order valence-electron chi connectivity index (χ3n) is 5.00. The molecule has 1 aromatic heterocycles. The number of carboxylic acid groups (broad SMARTS) is 1. The molecule has 3 nitrogen and oxygen atoms in total. The Morgan fingerprint density at radius 2 is 1.88 bits per heavy atom. The molecule has 166 valence electrons. The highest BCUT2D eigenvalue weighted by atomic mass is 32.1. The monoisotopic (exact) mass is 450 g/mol. The molecule has 0 fully saturated rings. The molecule has 1 N–H and O–H groups in total. The molecule has 3 aromatic rings. The van der Waals surface area contributed by atoms with Crippen LogP contribution in [0.3, 0.4) is 0 Å². The number of rotatable bonds is 10. The van der Waals surface area contributed by atoms with Crippen LogP contribution in [-0.4, -0.2) is 24.4 Å². The standard InChI is InChI=1S/C27H27FO3S/c1-3-20-17-23(21-8-5-4-6-9-21)27(31-14-7-13-28)24(18-20)22-12-15-32-25(22)11-10-19(2)16-26(29)30/h4-6,8-12,15-18H,3,7,13-14H2,1-2H3,(H,29,30). The maximum absolute atomic E-state index is 12.8. The van der Waals surface area contributed by atoms with Gasteiger partial charge in [0.1, 0.15) is 5.75 Å². The van der Waals surface area contributed by atoms with Crippen molar-refractivity contribution in [2.45, 2.75) is 26.7 Å². The number of alkyl halides is 1. The van der Waals surface area contributed by atoms with Crippen molar-refractivity contribution in [2.75, 3.05) is 13.3 Å². The minimum atomic E-state index is -0.967. The fraction of sp³-hybridized carbons (Fsp3) is 0.222. The number of benzene rings is 2. The second-order valence-electron chi connectivity index (χ2n) is 7.39. The molecule has 0 aliphatic heterocycles. The molecule has 0 bridgehead atoms. The predicted octanol–water partition coefficient (Wildman–Crippen LogP) is 7.43. The SMILES string of the molecule is CCc1cc(-c2ccccc2)c(OCCCF)c(-c2ccsc2C=CC(C)=CC(=O)O)c1. The molecule has 0 unspecified atom stereocenters. The molecule has 0 amide bonds. The highest BCUT2D eigenvalue weighted by Crippen LogP contribution is 2.43. The van der Waals surface area contributed by atoms with Crippen molar-refractivity contribution in [2.24, 2.45) is 0 Å². The van der Waals surface area contributed by atoms with Gasteiger partial charge in [0.05, 0.1) is 13.3 Å². The Labute approximate surface area is 192 Å². The fourth-order valence-corrected chi connectivity index (χ4v) is 4.23. The van der Waals surface area contributed by atoms with E-state index >= 15 is 0 Å². The second kappa shape index (κ2) is 11.4. The molecular formula is C27H27FO3S. The Morgan fingerprint density at radius 1 is 1.12 bits per heavy atom. The molecule has 0 radical (unpaired) electrons. The summed E-state index contributed by atoms with van der Waals surface area (Å²) in [5.74, 6) is -0.224. The van der Waals surface area contributed by atoms with Gasteiger partial charge in [-0.05, 0) is 59.7 Å². The van der Waals surface area contributed by atoms with E-state index in [1.165, 1.54) is 11.6 Å². The van der Waals surface area contributed by atoms with Gasteiger partial charge in [0, 0.05) is 34.1 Å². The van der Waals surface area contributed by atoms with Crippen molar-refractivity contribution < 1.29 is 19.0 Å². The predicted molar refractivity (Wildman–Crippen MR) is 131 cm³/mol. The molecule has 1 heterocycles. The normalized spacial score (nSPS) is 11.8. The molecule has 0 saturated heterocycles. The van der Waals surface area contributed by atoms with E-state index in [9.17, 15) is 9.18 Å². The van der Waals surface area contributed by atoms with Crippen LogP contribution in [0.25, 0.3) is 28.3 Å². The van der Waals surface area contributed by atoms with Crippen molar-refractivity contribution in [3.63, 3.8) is 0 Å². The summed E-state index contributed by atoms with van der Waals surface area (Å²) in [5.41, 5.74) is 5.84. The maximum Gasteiger partial charge on any atom is 0.328 e. The highest BCUT2D eigenvalue weighted by Gasteiger charge is 2.18. The molecule has 0 aliphatic rings. The summed E-state index contributed by atoms with van der Waals surface area (Å²) < 4.78 is 19.0. The lowest BCUT2D eigenvalue weighted by Gasteiger charge is -2.18. The van der Waals surface area contributed by atoms with Crippen LogP contribution in [0, 0.1) is 0 Å². The van der Waals surface area contributed by atoms with Crippen molar-refractivity contribution in [3.8, 4) is 28.0 Å². The van der Waals surface area contributed by atoms with E-state index in [1.807, 2.05) is 35.7 Å². The van der Waals surface area contributed by atoms with Crippen LogP contribution in [0.4, 0.5) is 4.39 Å². The van der Waals surface area contributed by atoms with E-state index in [-0.39, 0.29) is 0 Å². The zero-order valence-electron chi connectivity index (χ0n) is 18.3. The third kappa shape index (κ3) is 5.95. The Bertz CT molecular complexity index is 1110. The zero-order valence-corrected chi connectivity index (χ0v) is 19.1. The zero-order chi connectivity index (χ0) is 22.9. The number of hydrogen-bond donors (Lipinski definition) is 1. The van der Waals surface area contributed by atoms with E-state index in [0.717, 1.165) is 39.3 Å². The molecule has 0 atom stereocenters. The van der Waals surface area contributed by atoms with Gasteiger partial charge in [-0.3, -0.25) is 4.39 Å². The largest absolute Gasteiger partial charge is 0.492 e. The van der Waals surface area contributed by atoms with Gasteiger partial charge >= 0.3 is 5.97 Å². The van der Waals surface area contributed by atoms with Crippen LogP contribution in [0.5, 0.6) is 5.75 Å². The Hall–Kier alpha value is -3.18. The van der Waals surface area contributed by atoms with E-state index in [4.69, 9.17) is 9.84 Å². The van der Waals surface area contributed by atoms with Crippen molar-refractivity contribution in [1.82, 2.24) is 0 Å². The van der Waals surface area contributed by atoms with Crippen LogP contribution in [-0.2, 0) is 11.2 Å². The molecule has 3 rings (SSSR count). The van der Waals surface area contributed by atoms with Crippen molar-refractivity contribution in [1.29, 1.82) is 0 Å². The number of thiophene rings is 1. The summed E-state index contributed by atoms with van der Waals surface area (Å²) >= 11 is 1.58. The average Bonchev–Trinajstić information content (AvgIpc) is 3.26. The molecule has 5 heteroatoms. The van der Waals surface area contributed by atoms with Crippen molar-refractivity contribution >= 4 is 23.4 Å². The molecule has 2 aromatic carbocycles. The number of aryl methyl sites for hydroxylation is 1. The van der Waals surface area contributed by atoms with E-state index in [0.29, 0.717) is 18.6 Å². The van der Waals surface area contributed by atoms with Crippen LogP contribution >= 0.6 is 11.3 Å². The van der Waals surface area contributed by atoms with Crippen LogP contribution in [0.2, 0.25) is 0 Å². The number of aliphatic carboxylic acids is 1. The lowest BCUT2D eigenvalue weighted by molar-refractivity contribution is -0.131. The first-order valence-corrected chi connectivity index (χ1v) is 11.5. The van der Waals surface area contributed by atoms with Gasteiger partial charge in [-0.25, -0.2) is 4.79 Å². The van der Waals surface area contributed by atoms with Gasteiger partial charge in [0.15, 0.2) is 0 Å². The quantitative estimate of drug-likeness (QED) is 0.198. The number of carbonyl (C=O) groups is 1. The average molecular weight is 451 g/mol. The first-order valence-electron chi connectivity index (χ1n) is 10.6. The van der Waals surface area contributed by atoms with Gasteiger partial charge in [-0.1, -0.05) is 43.3 Å². The summed E-state index contributed by atoms with van der Waals surface area (Å²) in [6.45, 7) is 3.75. The molecule has 0 spiro atoms. The summed E-state index contributed by atoms with van der Waals surface area (Å²) in [6, 6.07) is 16.4. The van der Waals surface area contributed by atoms with E-state index < -0.39 is 12.6 Å². The lowest BCUT2D eigenvalue weighted by atomic mass is 9.93. The number of hydrogen-bond acceptors (Lipinski definition) is 3. The lowest BCUT2D eigenvalue weighted by Crippen LogP contribution is -2.02. The van der Waals surface area contributed by atoms with Gasteiger partial charge in [-0.2, -0.15) is 0 Å². The first kappa shape index (κ1) is 23.5. The van der Waals surface area contributed by atoms with E-state index in [1.54, 1.807) is 24.3 Å². The summed E-state index contributed by atoms with van der Waals surface area (Å²) in [7, 11) is 0. The third-order valence-corrected chi connectivity index (χ3v) is 5.88. The maximum atomic E-state index is 12.8. The van der Waals surface area contributed by atoms with Crippen molar-refractivity contribution in [3.05, 3.63) is 82.1 Å². The molecule has 0 aliphatic carbocycles. The molecule has 0 saturated carbocycles. The van der Waals surface area contributed by atoms with Crippen LogP contribution in [0.15, 0.2) is 71.6 Å². The highest BCUT2D eigenvalue weighted by molar-refractivity contribution is 7.11. The van der Waals surface area contributed by atoms with Gasteiger partial charge in [0.2, 0.25) is 0 Å². The van der Waals surface area contributed by atoms with Gasteiger partial charge in [-0.15, -0.1) is 11.3 Å². The topological polar surface area (TPSA) is 46.5 Å².